The summed E-state index contributed by atoms with van der Waals surface area (Å²) in [5.74, 6) is -0.563. The molecule has 0 aliphatic heterocycles. The number of carboxylic acid groups (broad SMARTS) is 1. The number of aliphatic carboxylic acids is 1. The van der Waals surface area contributed by atoms with Gasteiger partial charge in [0.25, 0.3) is 0 Å². The first-order valence-electron chi connectivity index (χ1n) is 12.0. The lowest BCUT2D eigenvalue weighted by Crippen LogP contribution is -2.63. The molecule has 0 radical (unpaired) electrons. The Bertz CT molecular complexity index is 623. The Hall–Kier alpha value is -1.18. The minimum Gasteiger partial charge on any atom is -0.481 e. The lowest BCUT2D eigenvalue weighted by atomic mass is 9.55. The van der Waals surface area contributed by atoms with E-state index in [0.717, 1.165) is 32.1 Å². The van der Waals surface area contributed by atoms with Crippen LogP contribution in [0, 0.1) is 23.2 Å². The number of carbonyl (C=O) groups is 2. The number of rotatable bonds is 10. The van der Waals surface area contributed by atoms with E-state index in [0.29, 0.717) is 25.2 Å². The Morgan fingerprint density at radius 1 is 1.16 bits per heavy atom. The van der Waals surface area contributed by atoms with Crippen LogP contribution in [0.2, 0.25) is 0 Å². The predicted octanol–water partition coefficient (Wildman–Crippen LogP) is 3.24. The molecular formula is C24H43NO6. The molecule has 7 atom stereocenters. The largest absolute Gasteiger partial charge is 0.481 e. The van der Waals surface area contributed by atoms with E-state index in [-0.39, 0.29) is 36.8 Å². The van der Waals surface area contributed by atoms with Gasteiger partial charge in [-0.25, -0.2) is 0 Å². The van der Waals surface area contributed by atoms with Crippen molar-refractivity contribution in [2.45, 2.75) is 116 Å². The van der Waals surface area contributed by atoms with Crippen molar-refractivity contribution >= 4 is 11.9 Å². The summed E-state index contributed by atoms with van der Waals surface area (Å²) in [4.78, 5) is 23.6. The third-order valence-electron chi connectivity index (χ3n) is 8.04. The van der Waals surface area contributed by atoms with E-state index in [2.05, 4.69) is 6.92 Å². The normalized spacial score (nSPS) is 33.3. The van der Waals surface area contributed by atoms with Crippen LogP contribution in [-0.2, 0) is 14.3 Å². The number of nitrogens with two attached hydrogens (primary N) is 1. The summed E-state index contributed by atoms with van der Waals surface area (Å²) in [5, 5.41) is 29.1. The third kappa shape index (κ3) is 6.42. The van der Waals surface area contributed by atoms with Crippen LogP contribution < -0.4 is 5.73 Å². The first-order valence-corrected chi connectivity index (χ1v) is 12.0. The number of aliphatic hydroxyl groups excluding tert-OH is 2. The molecule has 0 bridgehead atoms. The van der Waals surface area contributed by atoms with Gasteiger partial charge in [0.2, 0.25) is 0 Å². The molecule has 0 saturated heterocycles. The first-order chi connectivity index (χ1) is 14.4. The van der Waals surface area contributed by atoms with E-state index < -0.39 is 29.1 Å². The zero-order chi connectivity index (χ0) is 23.4. The van der Waals surface area contributed by atoms with Crippen LogP contribution in [0.1, 0.15) is 91.9 Å². The van der Waals surface area contributed by atoms with E-state index in [1.807, 2.05) is 20.8 Å². The maximum Gasteiger partial charge on any atom is 0.311 e. The second-order valence-electron chi connectivity index (χ2n) is 10.7. The van der Waals surface area contributed by atoms with E-state index >= 15 is 0 Å². The standard InChI is InChI=1S/C24H43NO6/c1-5-23(3,4)22(30)31-19-8-6-7-16-10-9-15(2)24(25,21(16)19)12-11-17(26)13-18(27)14-20(28)29/h15-19,21,26-27H,5-14,25H2,1-4H3,(H,28,29). The average Bonchev–Trinajstić information content (AvgIpc) is 2.68. The van der Waals surface area contributed by atoms with Gasteiger partial charge >= 0.3 is 11.9 Å². The van der Waals surface area contributed by atoms with Crippen LogP contribution in [0.5, 0.6) is 0 Å². The highest BCUT2D eigenvalue weighted by Crippen LogP contribution is 2.50. The Labute approximate surface area is 186 Å². The van der Waals surface area contributed by atoms with E-state index in [1.165, 1.54) is 0 Å². The predicted molar refractivity (Wildman–Crippen MR) is 118 cm³/mol. The zero-order valence-corrected chi connectivity index (χ0v) is 19.7. The second-order valence-corrected chi connectivity index (χ2v) is 10.7. The third-order valence-corrected chi connectivity index (χ3v) is 8.04. The van der Waals surface area contributed by atoms with E-state index in [4.69, 9.17) is 15.6 Å². The molecule has 0 aromatic heterocycles. The van der Waals surface area contributed by atoms with Crippen molar-refractivity contribution in [1.29, 1.82) is 0 Å². The smallest absolute Gasteiger partial charge is 0.311 e. The van der Waals surface area contributed by atoms with Gasteiger partial charge in [-0.05, 0) is 83.5 Å². The van der Waals surface area contributed by atoms with Gasteiger partial charge in [-0.1, -0.05) is 13.8 Å². The monoisotopic (exact) mass is 441 g/mol. The number of fused-ring (bicyclic) bond motifs is 1. The number of ether oxygens (including phenoxy) is 1. The number of carboxylic acids is 1. The van der Waals surface area contributed by atoms with Crippen molar-refractivity contribution in [2.24, 2.45) is 28.9 Å². The van der Waals surface area contributed by atoms with Gasteiger partial charge < -0.3 is 25.8 Å². The zero-order valence-electron chi connectivity index (χ0n) is 19.7. The number of hydrogen-bond acceptors (Lipinski definition) is 6. The summed E-state index contributed by atoms with van der Waals surface area (Å²) < 4.78 is 6.09. The molecule has 2 aliphatic carbocycles. The van der Waals surface area contributed by atoms with Crippen molar-refractivity contribution in [3.05, 3.63) is 0 Å². The van der Waals surface area contributed by atoms with Crippen molar-refractivity contribution < 1.29 is 29.6 Å². The van der Waals surface area contributed by atoms with Crippen molar-refractivity contribution in [2.75, 3.05) is 0 Å². The molecule has 180 valence electrons. The average molecular weight is 442 g/mol. The van der Waals surface area contributed by atoms with Crippen LogP contribution in [0.25, 0.3) is 0 Å². The molecule has 0 aromatic carbocycles. The van der Waals surface area contributed by atoms with Crippen LogP contribution in [0.4, 0.5) is 0 Å². The first kappa shape index (κ1) is 26.1. The molecule has 7 nitrogen and oxygen atoms in total. The number of aliphatic hydroxyl groups is 2. The highest BCUT2D eigenvalue weighted by molar-refractivity contribution is 5.76. The molecule has 0 heterocycles. The molecule has 5 N–H and O–H groups in total. The summed E-state index contributed by atoms with van der Waals surface area (Å²) in [5.41, 5.74) is 5.97. The molecule has 2 rings (SSSR count). The summed E-state index contributed by atoms with van der Waals surface area (Å²) in [6.07, 6.45) is 4.23. The molecule has 0 aromatic rings. The Balaban J connectivity index is 2.12. The van der Waals surface area contributed by atoms with Crippen LogP contribution in [0.15, 0.2) is 0 Å². The Kier molecular flexibility index (Phi) is 8.94. The molecule has 2 aliphatic rings. The Morgan fingerprint density at radius 3 is 2.45 bits per heavy atom. The quantitative estimate of drug-likeness (QED) is 0.383. The highest BCUT2D eigenvalue weighted by Gasteiger charge is 2.53. The summed E-state index contributed by atoms with van der Waals surface area (Å²) in [7, 11) is 0. The van der Waals surface area contributed by atoms with Gasteiger partial charge in [0.15, 0.2) is 0 Å². The van der Waals surface area contributed by atoms with Gasteiger partial charge in [0, 0.05) is 11.5 Å². The van der Waals surface area contributed by atoms with Gasteiger partial charge in [0.1, 0.15) is 6.10 Å². The van der Waals surface area contributed by atoms with Crippen LogP contribution in [0.3, 0.4) is 0 Å². The number of carbonyl (C=O) groups excluding carboxylic acids is 1. The van der Waals surface area contributed by atoms with E-state index in [1.54, 1.807) is 0 Å². The fourth-order valence-corrected chi connectivity index (χ4v) is 5.53. The summed E-state index contributed by atoms with van der Waals surface area (Å²) in [6, 6.07) is 0. The minimum atomic E-state index is -1.08. The summed E-state index contributed by atoms with van der Waals surface area (Å²) in [6.45, 7) is 7.95. The topological polar surface area (TPSA) is 130 Å². The van der Waals surface area contributed by atoms with Gasteiger partial charge in [0.05, 0.1) is 24.0 Å². The van der Waals surface area contributed by atoms with Gasteiger partial charge in [-0.3, -0.25) is 9.59 Å². The van der Waals surface area contributed by atoms with Crippen LogP contribution >= 0.6 is 0 Å². The van der Waals surface area contributed by atoms with Crippen molar-refractivity contribution in [3.63, 3.8) is 0 Å². The van der Waals surface area contributed by atoms with Crippen molar-refractivity contribution in [1.82, 2.24) is 0 Å². The van der Waals surface area contributed by atoms with Gasteiger partial charge in [-0.2, -0.15) is 0 Å². The maximum atomic E-state index is 12.8. The molecule has 2 fully saturated rings. The minimum absolute atomic E-state index is 0.0218. The summed E-state index contributed by atoms with van der Waals surface area (Å²) >= 11 is 0. The maximum absolute atomic E-state index is 12.8. The SMILES string of the molecule is CCC(C)(C)C(=O)OC1CCCC2CCC(C)C(N)(CCC(O)CC(O)CC(=O)O)C21. The number of esters is 1. The molecular weight excluding hydrogens is 398 g/mol. The molecule has 0 spiro atoms. The molecule has 31 heavy (non-hydrogen) atoms. The number of hydrogen-bond donors (Lipinski definition) is 4. The molecule has 7 unspecified atom stereocenters. The molecule has 7 heteroatoms. The fourth-order valence-electron chi connectivity index (χ4n) is 5.53. The second kappa shape index (κ2) is 10.6. The molecule has 0 amide bonds. The molecule has 2 saturated carbocycles. The lowest BCUT2D eigenvalue weighted by Gasteiger charge is -2.55. The highest BCUT2D eigenvalue weighted by atomic mass is 16.5. The van der Waals surface area contributed by atoms with Gasteiger partial charge in [-0.15, -0.1) is 0 Å². The van der Waals surface area contributed by atoms with Crippen LogP contribution in [-0.4, -0.2) is 51.1 Å². The van der Waals surface area contributed by atoms with Crippen molar-refractivity contribution in [3.8, 4) is 0 Å². The fraction of sp³-hybridized carbons (Fsp3) is 0.917. The van der Waals surface area contributed by atoms with E-state index in [9.17, 15) is 19.8 Å². The Morgan fingerprint density at radius 2 is 1.84 bits per heavy atom. The lowest BCUT2D eigenvalue weighted by molar-refractivity contribution is -0.172.